The Balaban J connectivity index is 1.93. The smallest absolute Gasteiger partial charge is 0.302 e. The molecule has 1 aliphatic rings. The van der Waals surface area contributed by atoms with Crippen molar-refractivity contribution in [2.24, 2.45) is 5.92 Å². The summed E-state index contributed by atoms with van der Waals surface area (Å²) in [6.45, 7) is 1.86. The monoisotopic (exact) mass is 279 g/mol. The highest BCUT2D eigenvalue weighted by Gasteiger charge is 2.16. The van der Waals surface area contributed by atoms with Gasteiger partial charge in [-0.3, -0.25) is 9.59 Å². The van der Waals surface area contributed by atoms with Gasteiger partial charge in [-0.2, -0.15) is 0 Å². The number of ether oxygens (including phenoxy) is 1. The Labute approximate surface area is 116 Å². The Morgan fingerprint density at radius 2 is 2.30 bits per heavy atom. The first-order chi connectivity index (χ1) is 9.56. The minimum atomic E-state index is -0.760. The fourth-order valence-electron chi connectivity index (χ4n) is 2.41. The first-order valence-corrected chi connectivity index (χ1v) is 6.78. The molecular formula is C15H18FNO3. The summed E-state index contributed by atoms with van der Waals surface area (Å²) in [6.07, 6.45) is 5.63. The third-order valence-electron chi connectivity index (χ3n) is 3.56. The van der Waals surface area contributed by atoms with E-state index >= 15 is 0 Å². The molecule has 0 spiro atoms. The number of pyridine rings is 1. The highest BCUT2D eigenvalue weighted by Crippen LogP contribution is 2.30. The molecule has 108 valence electrons. The summed E-state index contributed by atoms with van der Waals surface area (Å²) >= 11 is 0. The molecule has 0 bridgehead atoms. The van der Waals surface area contributed by atoms with Crippen molar-refractivity contribution in [1.29, 1.82) is 0 Å². The topological polar surface area (TPSA) is 59.2 Å². The highest BCUT2D eigenvalue weighted by atomic mass is 19.1. The molecule has 0 saturated heterocycles. The number of allylic oxidation sites excluding steroid dienone is 2. The molecule has 0 radical (unpaired) electrons. The molecule has 1 heterocycles. The summed E-state index contributed by atoms with van der Waals surface area (Å²) in [6, 6.07) is 2.80. The van der Waals surface area contributed by atoms with Crippen LogP contribution < -0.4 is 5.56 Å². The van der Waals surface area contributed by atoms with Crippen LogP contribution in [0.1, 0.15) is 38.3 Å². The van der Waals surface area contributed by atoms with E-state index in [2.05, 4.69) is 11.1 Å². The van der Waals surface area contributed by atoms with E-state index in [1.165, 1.54) is 13.0 Å². The number of esters is 1. The van der Waals surface area contributed by atoms with Crippen LogP contribution in [0.25, 0.3) is 5.57 Å². The van der Waals surface area contributed by atoms with Crippen LogP contribution in [0.4, 0.5) is 4.39 Å². The molecule has 2 rings (SSSR count). The third kappa shape index (κ3) is 3.79. The molecule has 1 aromatic rings. The molecule has 0 saturated carbocycles. The molecule has 1 N–H and O–H groups in total. The van der Waals surface area contributed by atoms with Gasteiger partial charge >= 0.3 is 5.97 Å². The van der Waals surface area contributed by atoms with Gasteiger partial charge in [0.25, 0.3) is 5.56 Å². The molecule has 5 heteroatoms. The average Bonchev–Trinajstić information content (AvgIpc) is 2.42. The molecule has 20 heavy (non-hydrogen) atoms. The summed E-state index contributed by atoms with van der Waals surface area (Å²) in [5.74, 6) is -0.518. The van der Waals surface area contributed by atoms with Crippen molar-refractivity contribution in [3.05, 3.63) is 40.1 Å². The van der Waals surface area contributed by atoms with Gasteiger partial charge in [-0.25, -0.2) is 4.39 Å². The van der Waals surface area contributed by atoms with Crippen molar-refractivity contribution in [3.8, 4) is 0 Å². The number of hydrogen-bond acceptors (Lipinski definition) is 3. The second-order valence-electron chi connectivity index (χ2n) is 5.05. The third-order valence-corrected chi connectivity index (χ3v) is 3.56. The molecule has 0 aliphatic heterocycles. The lowest BCUT2D eigenvalue weighted by molar-refractivity contribution is -0.141. The van der Waals surface area contributed by atoms with Crippen LogP contribution in [0, 0.1) is 11.7 Å². The Morgan fingerprint density at radius 1 is 1.50 bits per heavy atom. The van der Waals surface area contributed by atoms with E-state index in [-0.39, 0.29) is 5.97 Å². The maximum atomic E-state index is 12.9. The molecule has 0 aromatic carbocycles. The lowest BCUT2D eigenvalue weighted by atomic mass is 9.86. The minimum absolute atomic E-state index is 0.249. The Hall–Kier alpha value is -1.91. The van der Waals surface area contributed by atoms with Crippen LogP contribution in [-0.2, 0) is 9.53 Å². The maximum Gasteiger partial charge on any atom is 0.302 e. The molecular weight excluding hydrogens is 261 g/mol. The molecule has 1 unspecified atom stereocenters. The number of halogens is 1. The van der Waals surface area contributed by atoms with Crippen molar-refractivity contribution in [1.82, 2.24) is 4.98 Å². The number of rotatable bonds is 4. The Morgan fingerprint density at radius 3 is 2.90 bits per heavy atom. The van der Waals surface area contributed by atoms with Gasteiger partial charge in [0.15, 0.2) is 5.82 Å². The first kappa shape index (κ1) is 14.5. The van der Waals surface area contributed by atoms with E-state index in [0.29, 0.717) is 18.2 Å². The predicted octanol–water partition coefficient (Wildman–Crippen LogP) is 2.65. The van der Waals surface area contributed by atoms with Crippen LogP contribution >= 0.6 is 0 Å². The summed E-state index contributed by atoms with van der Waals surface area (Å²) in [7, 11) is 0. The quantitative estimate of drug-likeness (QED) is 0.862. The van der Waals surface area contributed by atoms with Gasteiger partial charge in [-0.05, 0) is 49.3 Å². The minimum Gasteiger partial charge on any atom is -0.466 e. The second kappa shape index (κ2) is 6.50. The lowest BCUT2D eigenvalue weighted by Gasteiger charge is -2.21. The first-order valence-electron chi connectivity index (χ1n) is 6.78. The number of aromatic nitrogens is 1. The van der Waals surface area contributed by atoms with Gasteiger partial charge in [0.1, 0.15) is 0 Å². The number of nitrogens with one attached hydrogen (secondary N) is 1. The van der Waals surface area contributed by atoms with Crippen LogP contribution in [0.3, 0.4) is 0 Å². The Bertz CT molecular complexity index is 577. The fourth-order valence-corrected chi connectivity index (χ4v) is 2.41. The van der Waals surface area contributed by atoms with Gasteiger partial charge < -0.3 is 9.72 Å². The zero-order chi connectivity index (χ0) is 14.5. The zero-order valence-electron chi connectivity index (χ0n) is 11.4. The number of aromatic amines is 1. The van der Waals surface area contributed by atoms with Crippen molar-refractivity contribution < 1.29 is 13.9 Å². The summed E-state index contributed by atoms with van der Waals surface area (Å²) < 4.78 is 17.9. The fraction of sp³-hybridized carbons (Fsp3) is 0.467. The average molecular weight is 279 g/mol. The van der Waals surface area contributed by atoms with Gasteiger partial charge in [0.2, 0.25) is 0 Å². The van der Waals surface area contributed by atoms with Gasteiger partial charge in [0, 0.05) is 12.6 Å². The molecule has 1 aliphatic carbocycles. The van der Waals surface area contributed by atoms with Crippen molar-refractivity contribution in [2.75, 3.05) is 6.61 Å². The number of H-pyrrole nitrogens is 1. The summed E-state index contributed by atoms with van der Waals surface area (Å²) in [5, 5.41) is 0. The van der Waals surface area contributed by atoms with Crippen LogP contribution in [0.5, 0.6) is 0 Å². The molecule has 4 nitrogen and oxygen atoms in total. The van der Waals surface area contributed by atoms with Gasteiger partial charge in [0.05, 0.1) is 6.61 Å². The van der Waals surface area contributed by atoms with Crippen LogP contribution in [-0.4, -0.2) is 17.6 Å². The lowest BCUT2D eigenvalue weighted by Crippen LogP contribution is -2.14. The largest absolute Gasteiger partial charge is 0.466 e. The van der Waals surface area contributed by atoms with Gasteiger partial charge in [-0.1, -0.05) is 6.08 Å². The zero-order valence-corrected chi connectivity index (χ0v) is 11.4. The molecule has 1 atom stereocenters. The normalized spacial score (nSPS) is 18.5. The van der Waals surface area contributed by atoms with Crippen molar-refractivity contribution in [2.45, 2.75) is 32.6 Å². The van der Waals surface area contributed by atoms with Crippen LogP contribution in [0.15, 0.2) is 23.0 Å². The van der Waals surface area contributed by atoms with E-state index in [0.717, 1.165) is 31.3 Å². The SMILES string of the molecule is CC(=O)OCCC1CC=C(c2ccc(F)c(=O)[nH]2)CC1. The predicted molar refractivity (Wildman–Crippen MR) is 73.6 cm³/mol. The number of carbonyl (C=O) groups is 1. The van der Waals surface area contributed by atoms with E-state index < -0.39 is 11.4 Å². The number of carbonyl (C=O) groups excluding carboxylic acids is 1. The standard InChI is InChI=1S/C15H18FNO3/c1-10(18)20-9-8-11-2-4-12(5-3-11)14-7-6-13(16)15(19)17-14/h4,6-7,11H,2-3,5,8-9H2,1H3,(H,17,19). The molecule has 0 amide bonds. The maximum absolute atomic E-state index is 12.9. The Kier molecular flexibility index (Phi) is 4.71. The van der Waals surface area contributed by atoms with Crippen molar-refractivity contribution in [3.63, 3.8) is 0 Å². The van der Waals surface area contributed by atoms with E-state index in [4.69, 9.17) is 4.74 Å². The van der Waals surface area contributed by atoms with E-state index in [1.54, 1.807) is 6.07 Å². The second-order valence-corrected chi connectivity index (χ2v) is 5.05. The molecule has 1 aromatic heterocycles. The van der Waals surface area contributed by atoms with E-state index in [9.17, 15) is 14.0 Å². The highest BCUT2D eigenvalue weighted by molar-refractivity contribution is 5.65. The van der Waals surface area contributed by atoms with Crippen LogP contribution in [0.2, 0.25) is 0 Å². The summed E-state index contributed by atoms with van der Waals surface area (Å²) in [5.41, 5.74) is 1.06. The number of hydrogen-bond donors (Lipinski definition) is 1. The van der Waals surface area contributed by atoms with Gasteiger partial charge in [-0.15, -0.1) is 0 Å². The van der Waals surface area contributed by atoms with E-state index in [1.807, 2.05) is 0 Å². The van der Waals surface area contributed by atoms with Crippen molar-refractivity contribution >= 4 is 11.5 Å². The molecule has 0 fully saturated rings. The summed E-state index contributed by atoms with van der Waals surface area (Å²) in [4.78, 5) is 24.5.